The number of hydrogen-bond donors (Lipinski definition) is 1. The minimum atomic E-state index is -4.11. The van der Waals surface area contributed by atoms with Crippen molar-refractivity contribution in [3.05, 3.63) is 17.5 Å². The number of hydrogen-bond acceptors (Lipinski definition) is 1. The van der Waals surface area contributed by atoms with Crippen LogP contribution in [0.3, 0.4) is 0 Å². The van der Waals surface area contributed by atoms with Crippen molar-refractivity contribution in [1.29, 1.82) is 0 Å². The topological polar surface area (TPSA) is 28.7 Å². The Labute approximate surface area is 72.0 Å². The molecule has 0 fully saturated rings. The molecule has 1 heterocycles. The molecular weight excluding hydrogens is 188 g/mol. The summed E-state index contributed by atoms with van der Waals surface area (Å²) in [7, 11) is 0. The van der Waals surface area contributed by atoms with Gasteiger partial charge in [0.05, 0.1) is 11.8 Å². The molecule has 0 saturated heterocycles. The van der Waals surface area contributed by atoms with Gasteiger partial charge in [-0.05, 0) is 6.42 Å². The maximum atomic E-state index is 12.7. The van der Waals surface area contributed by atoms with Crippen molar-refractivity contribution in [2.24, 2.45) is 0 Å². The number of nitrogens with zero attached hydrogens (tertiary/aromatic N) is 1. The number of aryl methyl sites for hydroxylation is 1. The maximum absolute atomic E-state index is 12.7. The lowest BCUT2D eigenvalue weighted by atomic mass is 10.1. The minimum absolute atomic E-state index is 0.0466. The van der Waals surface area contributed by atoms with Gasteiger partial charge in [-0.25, -0.2) is 8.78 Å². The molecule has 0 aliphatic carbocycles. The summed E-state index contributed by atoms with van der Waals surface area (Å²) in [5.41, 5.74) is -0.671. The van der Waals surface area contributed by atoms with Crippen LogP contribution in [-0.4, -0.2) is 16.6 Å². The molecule has 1 aromatic heterocycles. The highest BCUT2D eigenvalue weighted by atomic mass is 19.3. The van der Waals surface area contributed by atoms with E-state index in [0.717, 1.165) is 6.20 Å². The molecule has 0 aromatic carbocycles. The van der Waals surface area contributed by atoms with Crippen molar-refractivity contribution >= 4 is 0 Å². The van der Waals surface area contributed by atoms with E-state index in [-0.39, 0.29) is 12.1 Å². The Kier molecular flexibility index (Phi) is 2.58. The van der Waals surface area contributed by atoms with Gasteiger partial charge in [-0.2, -0.15) is 13.9 Å². The number of aromatic amines is 1. The highest BCUT2D eigenvalue weighted by Crippen LogP contribution is 2.35. The van der Waals surface area contributed by atoms with Gasteiger partial charge >= 0.3 is 12.3 Å². The number of halogens is 4. The second kappa shape index (κ2) is 3.35. The van der Waals surface area contributed by atoms with Crippen molar-refractivity contribution in [2.45, 2.75) is 25.7 Å². The lowest BCUT2D eigenvalue weighted by Gasteiger charge is -2.14. The van der Waals surface area contributed by atoms with Gasteiger partial charge in [-0.15, -0.1) is 0 Å². The summed E-state index contributed by atoms with van der Waals surface area (Å²) in [6, 6.07) is 0. The quantitative estimate of drug-likeness (QED) is 0.738. The molecule has 0 atom stereocenters. The van der Waals surface area contributed by atoms with Gasteiger partial charge in [0.15, 0.2) is 0 Å². The van der Waals surface area contributed by atoms with E-state index >= 15 is 0 Å². The van der Waals surface area contributed by atoms with Crippen LogP contribution in [0.25, 0.3) is 0 Å². The van der Waals surface area contributed by atoms with Crippen LogP contribution < -0.4 is 0 Å². The summed E-state index contributed by atoms with van der Waals surface area (Å²) in [5, 5.41) is 5.56. The molecule has 13 heavy (non-hydrogen) atoms. The van der Waals surface area contributed by atoms with Crippen LogP contribution in [0.1, 0.15) is 18.2 Å². The molecule has 0 unspecified atom stereocenters. The Balaban J connectivity index is 3.06. The van der Waals surface area contributed by atoms with E-state index < -0.39 is 17.9 Å². The molecule has 0 saturated carbocycles. The van der Waals surface area contributed by atoms with Gasteiger partial charge in [0, 0.05) is 5.69 Å². The van der Waals surface area contributed by atoms with Crippen LogP contribution >= 0.6 is 0 Å². The van der Waals surface area contributed by atoms with Crippen molar-refractivity contribution in [1.82, 2.24) is 10.2 Å². The third-order valence-corrected chi connectivity index (χ3v) is 1.70. The van der Waals surface area contributed by atoms with Gasteiger partial charge in [0.1, 0.15) is 0 Å². The lowest BCUT2D eigenvalue weighted by Crippen LogP contribution is -2.24. The Morgan fingerprint density at radius 3 is 2.62 bits per heavy atom. The molecule has 1 N–H and O–H groups in total. The van der Waals surface area contributed by atoms with E-state index in [9.17, 15) is 17.6 Å². The average molecular weight is 196 g/mol. The number of nitrogens with one attached hydrogen (secondary N) is 1. The Hall–Kier alpha value is -1.07. The molecule has 6 heteroatoms. The van der Waals surface area contributed by atoms with Crippen LogP contribution in [0.15, 0.2) is 6.20 Å². The molecule has 0 aliphatic heterocycles. The molecular formula is C7H8F4N2. The van der Waals surface area contributed by atoms with Gasteiger partial charge in [0.2, 0.25) is 0 Å². The van der Waals surface area contributed by atoms with E-state index in [1.165, 1.54) is 0 Å². The highest BCUT2D eigenvalue weighted by Gasteiger charge is 2.45. The second-order valence-electron chi connectivity index (χ2n) is 2.54. The van der Waals surface area contributed by atoms with Crippen LogP contribution in [0.4, 0.5) is 17.6 Å². The van der Waals surface area contributed by atoms with Crippen molar-refractivity contribution in [3.8, 4) is 0 Å². The van der Waals surface area contributed by atoms with Crippen LogP contribution in [-0.2, 0) is 12.3 Å². The predicted molar refractivity (Wildman–Crippen MR) is 37.9 cm³/mol. The Morgan fingerprint density at radius 1 is 1.54 bits per heavy atom. The minimum Gasteiger partial charge on any atom is -0.282 e. The average Bonchev–Trinajstić information content (AvgIpc) is 2.51. The zero-order valence-electron chi connectivity index (χ0n) is 6.82. The molecule has 2 nitrogen and oxygen atoms in total. The van der Waals surface area contributed by atoms with E-state index in [1.807, 2.05) is 0 Å². The van der Waals surface area contributed by atoms with Crippen molar-refractivity contribution < 1.29 is 17.6 Å². The fourth-order valence-corrected chi connectivity index (χ4v) is 0.987. The molecule has 0 amide bonds. The maximum Gasteiger partial charge on any atom is 0.335 e. The zero-order valence-corrected chi connectivity index (χ0v) is 6.82. The lowest BCUT2D eigenvalue weighted by molar-refractivity contribution is -0.135. The van der Waals surface area contributed by atoms with Gasteiger partial charge in [-0.3, -0.25) is 5.10 Å². The van der Waals surface area contributed by atoms with Crippen LogP contribution in [0, 0.1) is 0 Å². The van der Waals surface area contributed by atoms with E-state index in [4.69, 9.17) is 0 Å². The van der Waals surface area contributed by atoms with Crippen molar-refractivity contribution in [3.63, 3.8) is 0 Å². The summed E-state index contributed by atoms with van der Waals surface area (Å²) in [4.78, 5) is 0. The first-order chi connectivity index (χ1) is 6.00. The first kappa shape index (κ1) is 10.0. The monoisotopic (exact) mass is 196 g/mol. The van der Waals surface area contributed by atoms with Gasteiger partial charge < -0.3 is 0 Å². The first-order valence-corrected chi connectivity index (χ1v) is 3.68. The summed E-state index contributed by atoms with van der Waals surface area (Å²) >= 11 is 0. The largest absolute Gasteiger partial charge is 0.335 e. The third kappa shape index (κ3) is 1.66. The van der Waals surface area contributed by atoms with E-state index in [0.29, 0.717) is 0 Å². The predicted octanol–water partition coefficient (Wildman–Crippen LogP) is 2.33. The SMILES string of the molecule is CCc1[nH]ncc1C(F)(F)C(F)F. The van der Waals surface area contributed by atoms with Crippen LogP contribution in [0.5, 0.6) is 0 Å². The molecule has 0 bridgehead atoms. The third-order valence-electron chi connectivity index (χ3n) is 1.70. The Bertz CT molecular complexity index is 282. The molecule has 0 aliphatic rings. The number of H-pyrrole nitrogens is 1. The fraction of sp³-hybridized carbons (Fsp3) is 0.571. The van der Waals surface area contributed by atoms with Gasteiger partial charge in [-0.1, -0.05) is 6.92 Å². The van der Waals surface area contributed by atoms with Gasteiger partial charge in [0.25, 0.3) is 0 Å². The number of aromatic nitrogens is 2. The fourth-order valence-electron chi connectivity index (χ4n) is 0.987. The Morgan fingerprint density at radius 2 is 2.15 bits per heavy atom. The van der Waals surface area contributed by atoms with E-state index in [1.54, 1.807) is 6.92 Å². The number of rotatable bonds is 3. The summed E-state index contributed by atoms with van der Waals surface area (Å²) in [5.74, 6) is -4.11. The summed E-state index contributed by atoms with van der Waals surface area (Å²) < 4.78 is 49.3. The highest BCUT2D eigenvalue weighted by molar-refractivity contribution is 5.22. The molecule has 0 spiro atoms. The second-order valence-corrected chi connectivity index (χ2v) is 2.54. The molecule has 74 valence electrons. The molecule has 0 radical (unpaired) electrons. The smallest absolute Gasteiger partial charge is 0.282 e. The van der Waals surface area contributed by atoms with Crippen LogP contribution in [0.2, 0.25) is 0 Å². The normalized spacial score (nSPS) is 12.5. The first-order valence-electron chi connectivity index (χ1n) is 3.68. The van der Waals surface area contributed by atoms with Crippen molar-refractivity contribution in [2.75, 3.05) is 0 Å². The van der Waals surface area contributed by atoms with E-state index in [2.05, 4.69) is 10.2 Å². The zero-order chi connectivity index (χ0) is 10.1. The summed E-state index contributed by atoms with van der Waals surface area (Å²) in [6.07, 6.45) is -2.74. The summed E-state index contributed by atoms with van der Waals surface area (Å²) in [6.45, 7) is 1.58. The standard InChI is InChI=1S/C7H8F4N2/c1-2-5-4(3-12-13-5)7(10,11)6(8)9/h3,6H,2H2,1H3,(H,12,13). The molecule has 1 aromatic rings. The number of alkyl halides is 4. The molecule has 1 rings (SSSR count).